The van der Waals surface area contributed by atoms with Gasteiger partial charge in [0.1, 0.15) is 23.7 Å². The summed E-state index contributed by atoms with van der Waals surface area (Å²) in [5, 5.41) is 39.1. The van der Waals surface area contributed by atoms with Gasteiger partial charge in [-0.2, -0.15) is 0 Å². The number of aliphatic hydroxyl groups is 3. The molecule has 1 aliphatic rings. The van der Waals surface area contributed by atoms with E-state index in [2.05, 4.69) is 15.3 Å². The maximum Gasteiger partial charge on any atom is 0.216 e. The lowest BCUT2D eigenvalue weighted by atomic mass is 9.96. The predicted octanol–water partition coefficient (Wildman–Crippen LogP) is 1.34. The molecule has 8 nitrogen and oxygen atoms in total. The van der Waals surface area contributed by atoms with E-state index in [9.17, 15) is 19.7 Å². The largest absolute Gasteiger partial charge is 0.470 e. The fraction of sp³-hybridized carbons (Fsp3) is 0.286. The SMILES string of the molecule is OCC1OC(=NCc2ccccc2)C(O)C(n2cc(-c3cccc(F)c3)nn2)[C@H]1O. The van der Waals surface area contributed by atoms with Crippen molar-refractivity contribution < 1.29 is 24.4 Å². The second-order valence-electron chi connectivity index (χ2n) is 7.00. The van der Waals surface area contributed by atoms with Crippen molar-refractivity contribution in [1.29, 1.82) is 0 Å². The molecule has 30 heavy (non-hydrogen) atoms. The third-order valence-corrected chi connectivity index (χ3v) is 4.96. The van der Waals surface area contributed by atoms with Crippen LogP contribution >= 0.6 is 0 Å². The van der Waals surface area contributed by atoms with Crippen molar-refractivity contribution in [2.75, 3.05) is 6.61 Å². The highest BCUT2D eigenvalue weighted by Gasteiger charge is 2.44. The first-order valence-electron chi connectivity index (χ1n) is 9.46. The molecule has 2 aromatic carbocycles. The summed E-state index contributed by atoms with van der Waals surface area (Å²) in [6.45, 7) is -0.208. The highest BCUT2D eigenvalue weighted by atomic mass is 19.1. The van der Waals surface area contributed by atoms with Gasteiger partial charge in [-0.05, 0) is 17.7 Å². The normalized spacial score (nSPS) is 25.3. The van der Waals surface area contributed by atoms with Crippen molar-refractivity contribution in [1.82, 2.24) is 15.0 Å². The average Bonchev–Trinajstić information content (AvgIpc) is 3.24. The molecule has 0 saturated carbocycles. The van der Waals surface area contributed by atoms with Gasteiger partial charge >= 0.3 is 0 Å². The van der Waals surface area contributed by atoms with Gasteiger partial charge in [-0.1, -0.05) is 47.7 Å². The quantitative estimate of drug-likeness (QED) is 0.583. The van der Waals surface area contributed by atoms with E-state index in [-0.39, 0.29) is 12.4 Å². The summed E-state index contributed by atoms with van der Waals surface area (Å²) < 4.78 is 20.3. The molecule has 2 heterocycles. The van der Waals surface area contributed by atoms with Crippen molar-refractivity contribution in [3.8, 4) is 11.3 Å². The number of halogens is 1. The molecule has 0 spiro atoms. The second kappa shape index (κ2) is 8.70. The minimum absolute atomic E-state index is 0.00370. The first kappa shape index (κ1) is 20.1. The molecule has 1 aromatic heterocycles. The maximum atomic E-state index is 13.5. The molecule has 3 N–H and O–H groups in total. The molecule has 3 aromatic rings. The first-order valence-corrected chi connectivity index (χ1v) is 9.46. The van der Waals surface area contributed by atoms with Crippen LogP contribution in [0.5, 0.6) is 0 Å². The number of hydrogen-bond acceptors (Lipinski definition) is 7. The van der Waals surface area contributed by atoms with Crippen LogP contribution in [0.4, 0.5) is 4.39 Å². The number of rotatable bonds is 5. The fourth-order valence-electron chi connectivity index (χ4n) is 3.38. The lowest BCUT2D eigenvalue weighted by Crippen LogP contribution is -2.54. The zero-order valence-electron chi connectivity index (χ0n) is 15.9. The number of aromatic nitrogens is 3. The van der Waals surface area contributed by atoms with E-state index in [1.165, 1.54) is 23.0 Å². The minimum Gasteiger partial charge on any atom is -0.470 e. The summed E-state index contributed by atoms with van der Waals surface area (Å²) in [4.78, 5) is 4.33. The topological polar surface area (TPSA) is 113 Å². The summed E-state index contributed by atoms with van der Waals surface area (Å²) in [5.74, 6) is -0.417. The van der Waals surface area contributed by atoms with E-state index in [4.69, 9.17) is 4.74 Å². The molecule has 1 saturated heterocycles. The Morgan fingerprint density at radius 2 is 1.90 bits per heavy atom. The second-order valence-corrected chi connectivity index (χ2v) is 7.00. The number of hydrogen-bond donors (Lipinski definition) is 3. The van der Waals surface area contributed by atoms with E-state index >= 15 is 0 Å². The van der Waals surface area contributed by atoms with Gasteiger partial charge in [-0.25, -0.2) is 14.1 Å². The van der Waals surface area contributed by atoms with Gasteiger partial charge in [0.05, 0.1) is 19.3 Å². The van der Waals surface area contributed by atoms with Crippen LogP contribution in [-0.2, 0) is 11.3 Å². The monoisotopic (exact) mass is 412 g/mol. The van der Waals surface area contributed by atoms with Crippen LogP contribution in [0.15, 0.2) is 65.8 Å². The van der Waals surface area contributed by atoms with Crippen LogP contribution < -0.4 is 0 Å². The molecule has 0 radical (unpaired) electrons. The summed E-state index contributed by atoms with van der Waals surface area (Å²) in [6.07, 6.45) is -2.06. The summed E-state index contributed by atoms with van der Waals surface area (Å²) in [5.41, 5.74) is 1.80. The number of aliphatic hydroxyl groups excluding tert-OH is 3. The summed E-state index contributed by atoms with van der Waals surface area (Å²) >= 11 is 0. The number of benzene rings is 2. The molecule has 9 heteroatoms. The molecule has 3 unspecified atom stereocenters. The molecular weight excluding hydrogens is 391 g/mol. The third kappa shape index (κ3) is 4.09. The Morgan fingerprint density at radius 3 is 2.63 bits per heavy atom. The van der Waals surface area contributed by atoms with Crippen molar-refractivity contribution in [3.05, 3.63) is 72.2 Å². The fourth-order valence-corrected chi connectivity index (χ4v) is 3.38. The van der Waals surface area contributed by atoms with Crippen LogP contribution in [-0.4, -0.2) is 61.1 Å². The van der Waals surface area contributed by atoms with Crippen LogP contribution in [0.1, 0.15) is 11.6 Å². The average molecular weight is 412 g/mol. The molecule has 0 amide bonds. The Bertz CT molecular complexity index is 1030. The number of aliphatic imine (C=N–C) groups is 1. The van der Waals surface area contributed by atoms with E-state index in [1.807, 2.05) is 30.3 Å². The van der Waals surface area contributed by atoms with Gasteiger partial charge in [0.15, 0.2) is 12.2 Å². The van der Waals surface area contributed by atoms with Crippen LogP contribution in [0.25, 0.3) is 11.3 Å². The molecule has 0 bridgehead atoms. The zero-order chi connectivity index (χ0) is 21.1. The van der Waals surface area contributed by atoms with Gasteiger partial charge in [-0.3, -0.25) is 0 Å². The standard InChI is InChI=1S/C21H21FN4O4/c22-15-8-4-7-14(9-15)16-11-26(25-24-16)18-19(28)17(12-27)30-21(20(18)29)23-10-13-5-2-1-3-6-13/h1-9,11,17-20,27-29H,10,12H2/t17?,18?,19-,20?/m0/s1. The lowest BCUT2D eigenvalue weighted by Gasteiger charge is -2.38. The van der Waals surface area contributed by atoms with Gasteiger partial charge in [-0.15, -0.1) is 5.10 Å². The predicted molar refractivity (Wildman–Crippen MR) is 106 cm³/mol. The van der Waals surface area contributed by atoms with Gasteiger partial charge in [0, 0.05) is 5.56 Å². The van der Waals surface area contributed by atoms with Crippen molar-refractivity contribution in [2.45, 2.75) is 30.9 Å². The lowest BCUT2D eigenvalue weighted by molar-refractivity contribution is -0.0900. The van der Waals surface area contributed by atoms with Crippen LogP contribution in [0.2, 0.25) is 0 Å². The molecule has 0 aliphatic carbocycles. The third-order valence-electron chi connectivity index (χ3n) is 4.96. The molecule has 156 valence electrons. The smallest absolute Gasteiger partial charge is 0.216 e. The Balaban J connectivity index is 1.62. The zero-order valence-corrected chi connectivity index (χ0v) is 15.9. The van der Waals surface area contributed by atoms with E-state index in [1.54, 1.807) is 12.1 Å². The molecule has 4 atom stereocenters. The first-order chi connectivity index (χ1) is 14.6. The Hall–Kier alpha value is -3.14. The minimum atomic E-state index is -1.31. The van der Waals surface area contributed by atoms with E-state index in [0.717, 1.165) is 5.56 Å². The molecule has 1 aliphatic heterocycles. The number of nitrogens with zero attached hydrogens (tertiary/aromatic N) is 4. The van der Waals surface area contributed by atoms with Gasteiger partial charge in [0.25, 0.3) is 0 Å². The Labute approximate surface area is 171 Å². The number of ether oxygens (including phenoxy) is 1. The van der Waals surface area contributed by atoms with E-state index in [0.29, 0.717) is 11.3 Å². The van der Waals surface area contributed by atoms with Gasteiger partial charge in [0.2, 0.25) is 5.90 Å². The summed E-state index contributed by atoms with van der Waals surface area (Å²) in [7, 11) is 0. The molecule has 1 fully saturated rings. The van der Waals surface area contributed by atoms with Crippen molar-refractivity contribution in [3.63, 3.8) is 0 Å². The van der Waals surface area contributed by atoms with Crippen molar-refractivity contribution >= 4 is 5.90 Å². The Kier molecular flexibility index (Phi) is 5.84. The molecule has 4 rings (SSSR count). The maximum absolute atomic E-state index is 13.5. The summed E-state index contributed by atoms with van der Waals surface area (Å²) in [6, 6.07) is 14.3. The van der Waals surface area contributed by atoms with Crippen LogP contribution in [0.3, 0.4) is 0 Å². The van der Waals surface area contributed by atoms with Crippen LogP contribution in [0, 0.1) is 5.82 Å². The highest BCUT2D eigenvalue weighted by molar-refractivity contribution is 5.82. The van der Waals surface area contributed by atoms with E-state index < -0.39 is 36.8 Å². The van der Waals surface area contributed by atoms with Gasteiger partial charge < -0.3 is 20.1 Å². The molecular formula is C21H21FN4O4. The van der Waals surface area contributed by atoms with Crippen molar-refractivity contribution in [2.24, 2.45) is 4.99 Å². The Morgan fingerprint density at radius 1 is 1.10 bits per heavy atom. The highest BCUT2D eigenvalue weighted by Crippen LogP contribution is 2.29.